The van der Waals surface area contributed by atoms with Crippen LogP contribution >= 0.6 is 79.8 Å². The largest absolute Gasteiger partial charge is 1.00 e. The Labute approximate surface area is 985 Å². The molecule has 0 fully saturated rings. The summed E-state index contributed by atoms with van der Waals surface area (Å²) in [6.45, 7) is 18.5. The van der Waals surface area contributed by atoms with Gasteiger partial charge in [-0.2, -0.15) is 113 Å². The van der Waals surface area contributed by atoms with Crippen molar-refractivity contribution in [1.82, 2.24) is 60.0 Å². The van der Waals surface area contributed by atoms with E-state index < -0.39 is 58.9 Å². The summed E-state index contributed by atoms with van der Waals surface area (Å²) < 4.78 is 172. The number of carboxylic acid groups (broad SMARTS) is 1. The molecule has 0 saturated carbocycles. The average Bonchev–Trinajstić information content (AvgIpc) is 1.70. The summed E-state index contributed by atoms with van der Waals surface area (Å²) >= 11 is 15.4. The van der Waals surface area contributed by atoms with Crippen LogP contribution in [-0.2, 0) is 83.9 Å². The number of ether oxygens (including phenoxy) is 4. The van der Waals surface area contributed by atoms with E-state index in [9.17, 15) is 72.2 Å². The molecule has 0 radical (unpaired) electrons. The van der Waals surface area contributed by atoms with E-state index in [0.717, 1.165) is 197 Å². The number of nitrogens with zero attached hydrogens (tertiary/aromatic N) is 12. The molecule has 12 rings (SSSR count). The van der Waals surface area contributed by atoms with Gasteiger partial charge in [0.25, 0.3) is 6.47 Å². The van der Waals surface area contributed by atoms with Crippen molar-refractivity contribution in [3.8, 4) is 45.7 Å². The van der Waals surface area contributed by atoms with Crippen LogP contribution in [0.15, 0.2) is 189 Å². The first kappa shape index (κ1) is 132. The number of phenolic OH excluding ortho intramolecular Hbond substituents is 2. The second-order valence-electron chi connectivity index (χ2n) is 28.6. The first-order valence-corrected chi connectivity index (χ1v) is 46.5. The SMILES string of the molecule is CCOC(=O)CBr.CCOC(=O)COc1ccc(SCCCc2nn(-c3ccc(C(F)(F)F)cc3)nc2C)cc1C.Cc1cc(S)ccc1O.Cc1cc(SCCCc2nn(-c3ccc(C(F)(F)F)cc3)nc2C)ccc1O.Cc1cc(SCCCc2nn(-c3ccc(C(F)(F)F)cc3)nc2C)ccc1OCC(=O)O.Cc1nn(-c2ccc(C(F)(F)F)cc2)nc1CCCBr.O=CO[O-].[Cs+].[Cs+].[H-].[H-].[Li+].[Na+].[OH-]. The topological polar surface area (TPSA) is 351 Å². The number of phenols is 2. The standard InChI is InChI=1S/C24H26F3N3O3S.C22H22F3N3O3S.C20H20F3N3OS.C13H13BrF3N3.C7H8OS.C4H7BrO2.CH2O3.2Cs.Li.Na.H2O.2H/c1-4-32-23(31)15-33-22-12-11-20(14-16(22)2)34-13-5-6-21-17(3)28-30(29-21)19-9-7-18(8-10-19)24(25,26)27;1-14-12-18(9-10-20(14)31-13-21(29)30)32-11-3-4-19-15(2)26-28(27-19)17-7-5-16(6-8-17)22(23,24)25;1-13-12-17(9-10-19(13)27)28-11-3-4-18-14(2)24-26(25-18)16-7-5-15(6-8-16)20(21,22)23;1-9-12(3-2-8-14)19-20(18-9)11-6-4-10(5-7-11)13(15,16)17;1-5-4-6(9)2-3-7(5)8;1-2-7-4(6)3-5;2-1-4-3;;;;;;;/h7-12,14H,4-6,13,15H2,1-3H3;5-10,12H,3-4,11,13H2,1-2H3,(H,29,30);5-10,12,27H,3-4,11H2,1-2H3;4-7H,2-3,8H2,1H3;2-4,8-9H,1H3;2-3H2,1H3;1,3H;;;;;1H2;;/q;;;;;;;4*+1;;2*-1/p-2. The van der Waals surface area contributed by atoms with Gasteiger partial charge in [-0.3, -0.25) is 9.59 Å². The van der Waals surface area contributed by atoms with E-state index in [1.54, 1.807) is 73.4 Å². The van der Waals surface area contributed by atoms with E-state index in [2.05, 4.69) is 94.9 Å². The molecule has 0 saturated heterocycles. The third-order valence-electron chi connectivity index (χ3n) is 18.3. The summed E-state index contributed by atoms with van der Waals surface area (Å²) in [6.07, 6.45) is -11.0. The molecule has 139 heavy (non-hydrogen) atoms. The average molecular weight is 2400 g/mol. The summed E-state index contributed by atoms with van der Waals surface area (Å²) in [5, 5.41) is 71.7. The molecular formula is C91H100Br2Cs2F12LiN12NaO14S4. The number of hydrogen-bond acceptors (Lipinski definition) is 25. The summed E-state index contributed by atoms with van der Waals surface area (Å²) in [7, 11) is 0. The third kappa shape index (κ3) is 47.3. The van der Waals surface area contributed by atoms with Crippen molar-refractivity contribution in [2.45, 2.75) is 165 Å². The maximum atomic E-state index is 12.8. The molecule has 734 valence electrons. The molecule has 4 N–H and O–H groups in total. The minimum atomic E-state index is -4.38. The summed E-state index contributed by atoms with van der Waals surface area (Å²) in [5.74, 6) is 2.77. The predicted molar refractivity (Wildman–Crippen MR) is 496 cm³/mol. The van der Waals surface area contributed by atoms with E-state index in [0.29, 0.717) is 77.1 Å². The molecule has 0 aliphatic carbocycles. The number of thiol groups is 1. The van der Waals surface area contributed by atoms with Crippen molar-refractivity contribution in [3.63, 3.8) is 0 Å². The van der Waals surface area contributed by atoms with Crippen LogP contribution in [-0.4, -0.2) is 159 Å². The molecule has 26 nitrogen and oxygen atoms in total. The summed E-state index contributed by atoms with van der Waals surface area (Å²) in [4.78, 5) is 53.0. The number of benzene rings is 8. The third-order valence-corrected chi connectivity index (χ3v) is 22.9. The monoisotopic (exact) mass is 2390 g/mol. The van der Waals surface area contributed by atoms with Crippen LogP contribution in [0.25, 0.3) is 22.7 Å². The number of aromatic nitrogens is 12. The molecule has 8 aromatic carbocycles. The van der Waals surface area contributed by atoms with Gasteiger partial charge in [0.05, 0.1) is 104 Å². The number of aryl methyl sites for hydroxylation is 12. The van der Waals surface area contributed by atoms with Crippen molar-refractivity contribution >= 4 is 104 Å². The second kappa shape index (κ2) is 66.6. The normalized spacial score (nSPS) is 10.7. The number of alkyl halides is 14. The van der Waals surface area contributed by atoms with Gasteiger partial charge in [0.1, 0.15) is 28.3 Å². The Morgan fingerprint density at radius 2 is 0.705 bits per heavy atom. The number of thioether (sulfide) groups is 3. The van der Waals surface area contributed by atoms with Gasteiger partial charge in [0, 0.05) is 24.9 Å². The zero-order valence-electron chi connectivity index (χ0n) is 80.5. The van der Waals surface area contributed by atoms with Crippen LogP contribution < -0.4 is 201 Å². The smallest absolute Gasteiger partial charge is 1.00 e. The Bertz CT molecular complexity index is 5750. The van der Waals surface area contributed by atoms with Crippen LogP contribution in [0.1, 0.15) is 132 Å². The zero-order chi connectivity index (χ0) is 99.0. The minimum absolute atomic E-state index is 0. The maximum absolute atomic E-state index is 12.8. The summed E-state index contributed by atoms with van der Waals surface area (Å²) in [5.41, 5.74) is 9.09. The maximum Gasteiger partial charge on any atom is 1.00 e. The van der Waals surface area contributed by atoms with Crippen molar-refractivity contribution in [2.75, 3.05) is 54.3 Å². The Morgan fingerprint density at radius 3 is 0.950 bits per heavy atom. The fourth-order valence-corrected chi connectivity index (χ4v) is 15.0. The van der Waals surface area contributed by atoms with Gasteiger partial charge in [0.15, 0.2) is 13.2 Å². The number of carbonyl (C=O) groups is 4. The van der Waals surface area contributed by atoms with Gasteiger partial charge in [-0.05, 0) is 330 Å². The van der Waals surface area contributed by atoms with Gasteiger partial charge >= 0.3 is 229 Å². The summed E-state index contributed by atoms with van der Waals surface area (Å²) in [6, 6.07) is 41.3. The molecule has 0 spiro atoms. The second-order valence-corrected chi connectivity index (χ2v) is 34.0. The number of halogens is 14. The number of esters is 2. The van der Waals surface area contributed by atoms with Gasteiger partial charge in [-0.1, -0.05) is 31.9 Å². The van der Waals surface area contributed by atoms with Gasteiger partial charge in [0.2, 0.25) is 0 Å². The molecule has 12 aromatic rings. The Morgan fingerprint density at radius 1 is 0.432 bits per heavy atom. The molecule has 4 aromatic heterocycles. The first-order chi connectivity index (χ1) is 63.4. The van der Waals surface area contributed by atoms with Crippen LogP contribution in [0.2, 0.25) is 0 Å². The van der Waals surface area contributed by atoms with E-state index in [4.69, 9.17) is 34.5 Å². The number of rotatable bonds is 32. The fraction of sp³-hybridized carbons (Fsp3) is 0.341. The van der Waals surface area contributed by atoms with Crippen LogP contribution in [0, 0.1) is 55.4 Å². The fourth-order valence-electron chi connectivity index (χ4n) is 11.5. The number of aliphatic carboxylic acids is 1. The molecule has 0 amide bonds. The Kier molecular flexibility index (Phi) is 63.0. The Balaban J connectivity index is 0. The van der Waals surface area contributed by atoms with Crippen LogP contribution in [0.5, 0.6) is 23.0 Å². The molecule has 0 aliphatic rings. The van der Waals surface area contributed by atoms with Gasteiger partial charge in [-0.25, -0.2) is 9.59 Å². The molecule has 0 aliphatic heterocycles. The van der Waals surface area contributed by atoms with Crippen LogP contribution in [0.3, 0.4) is 0 Å². The molecule has 0 atom stereocenters. The molecule has 48 heteroatoms. The minimum Gasteiger partial charge on any atom is -1.00 e. The van der Waals surface area contributed by atoms with Gasteiger partial charge < -0.3 is 52.7 Å². The number of carbonyl (C=O) groups excluding carboxylic acids is 3. The predicted octanol–water partition coefficient (Wildman–Crippen LogP) is 9.35. The number of carboxylic acids is 1. The van der Waals surface area contributed by atoms with E-state index in [1.165, 1.54) is 67.7 Å². The number of aromatic hydroxyl groups is 2. The number of hydrogen-bond donors (Lipinski definition) is 4. The van der Waals surface area contributed by atoms with Gasteiger partial charge in [-0.15, -0.1) is 47.9 Å². The Hall–Kier alpha value is -5.46. The van der Waals surface area contributed by atoms with Crippen molar-refractivity contribution < 1.29 is 311 Å². The molecule has 4 heterocycles. The zero-order valence-corrected chi connectivity index (χ0v) is 99.5. The molecule has 0 bridgehead atoms. The van der Waals surface area contributed by atoms with E-state index in [-0.39, 0.29) is 220 Å². The first-order valence-electron chi connectivity index (χ1n) is 40.8. The van der Waals surface area contributed by atoms with Crippen molar-refractivity contribution in [1.29, 1.82) is 0 Å². The van der Waals surface area contributed by atoms with Crippen LogP contribution in [0.4, 0.5) is 52.7 Å². The molecular weight excluding hydrogens is 2300 g/mol. The quantitative estimate of drug-likeness (QED) is 0.00291. The van der Waals surface area contributed by atoms with Crippen molar-refractivity contribution in [3.05, 3.63) is 260 Å². The van der Waals surface area contributed by atoms with E-state index in [1.807, 2.05) is 104 Å². The molecule has 0 unspecified atom stereocenters. The van der Waals surface area contributed by atoms with E-state index >= 15 is 0 Å². The van der Waals surface area contributed by atoms with Crippen molar-refractivity contribution in [2.24, 2.45) is 0 Å².